The number of carbonyl (C=O) groups excluding carboxylic acids is 1. The number of hydrogen-bond donors (Lipinski definition) is 1. The molecule has 0 bridgehead atoms. The van der Waals surface area contributed by atoms with Crippen molar-refractivity contribution in [2.24, 2.45) is 0 Å². The molecule has 0 unspecified atom stereocenters. The van der Waals surface area contributed by atoms with Crippen molar-refractivity contribution < 1.29 is 9.18 Å². The Kier molecular flexibility index (Phi) is 4.38. The average molecular weight is 363 g/mol. The van der Waals surface area contributed by atoms with Gasteiger partial charge in [0.05, 0.1) is 22.5 Å². The lowest BCUT2D eigenvalue weighted by Crippen LogP contribution is -2.45. The van der Waals surface area contributed by atoms with Crippen LogP contribution in [0.4, 0.5) is 4.39 Å². The summed E-state index contributed by atoms with van der Waals surface area (Å²) in [5, 5.41) is 3.02. The van der Waals surface area contributed by atoms with Gasteiger partial charge in [-0.1, -0.05) is 36.8 Å². The van der Waals surface area contributed by atoms with Crippen LogP contribution in [0.25, 0.3) is 11.0 Å². The van der Waals surface area contributed by atoms with Gasteiger partial charge in [0.2, 0.25) is 0 Å². The molecule has 2 aromatic carbocycles. The Morgan fingerprint density at radius 2 is 1.81 bits per heavy atom. The highest BCUT2D eigenvalue weighted by Crippen LogP contribution is 2.43. The summed E-state index contributed by atoms with van der Waals surface area (Å²) in [6.07, 6.45) is 3.23. The summed E-state index contributed by atoms with van der Waals surface area (Å²) in [5.74, 6) is -0.786. The molecular weight excluding hydrogens is 341 g/mol. The summed E-state index contributed by atoms with van der Waals surface area (Å²) >= 11 is 0. The lowest BCUT2D eigenvalue weighted by molar-refractivity contribution is 0.0929. The zero-order chi connectivity index (χ0) is 19.0. The van der Waals surface area contributed by atoms with E-state index < -0.39 is 5.82 Å². The third-order valence-electron chi connectivity index (χ3n) is 5.67. The minimum atomic E-state index is -0.480. The molecule has 1 amide bonds. The molecule has 1 fully saturated rings. The minimum absolute atomic E-state index is 0.0295. The Labute approximate surface area is 157 Å². The summed E-state index contributed by atoms with van der Waals surface area (Å²) < 4.78 is 14.1. The lowest BCUT2D eigenvalue weighted by Gasteiger charge is -2.42. The Bertz CT molecular complexity index is 1010. The van der Waals surface area contributed by atoms with Crippen LogP contribution in [-0.4, -0.2) is 22.4 Å². The number of halogens is 1. The molecular formula is C22H22FN3O. The maximum atomic E-state index is 14.1. The van der Waals surface area contributed by atoms with Crippen molar-refractivity contribution in [2.75, 3.05) is 6.54 Å². The van der Waals surface area contributed by atoms with Gasteiger partial charge in [0.25, 0.3) is 5.91 Å². The van der Waals surface area contributed by atoms with Gasteiger partial charge in [-0.15, -0.1) is 0 Å². The third-order valence-corrected chi connectivity index (χ3v) is 5.67. The van der Waals surface area contributed by atoms with Gasteiger partial charge in [0.15, 0.2) is 0 Å². The molecule has 5 heteroatoms. The first-order valence-corrected chi connectivity index (χ1v) is 9.27. The number of carbonyl (C=O) groups is 1. The maximum Gasteiger partial charge on any atom is 0.253 e. The molecule has 1 heterocycles. The normalized spacial score (nSPS) is 15.4. The van der Waals surface area contributed by atoms with Crippen molar-refractivity contribution in [1.29, 1.82) is 0 Å². The summed E-state index contributed by atoms with van der Waals surface area (Å²) in [6.45, 7) is 4.20. The molecule has 4 rings (SSSR count). The van der Waals surface area contributed by atoms with E-state index in [0.29, 0.717) is 17.6 Å². The zero-order valence-electron chi connectivity index (χ0n) is 15.6. The molecule has 138 valence electrons. The lowest BCUT2D eigenvalue weighted by atomic mass is 9.64. The molecule has 0 spiro atoms. The molecule has 1 aromatic heterocycles. The first-order valence-electron chi connectivity index (χ1n) is 9.27. The second-order valence-electron chi connectivity index (χ2n) is 7.40. The smallest absolute Gasteiger partial charge is 0.253 e. The predicted molar refractivity (Wildman–Crippen MR) is 103 cm³/mol. The van der Waals surface area contributed by atoms with Gasteiger partial charge in [0.1, 0.15) is 11.3 Å². The van der Waals surface area contributed by atoms with E-state index in [4.69, 9.17) is 0 Å². The number of hydrogen-bond acceptors (Lipinski definition) is 3. The fourth-order valence-electron chi connectivity index (χ4n) is 3.78. The topological polar surface area (TPSA) is 54.9 Å². The fraction of sp³-hybridized carbons (Fsp3) is 0.318. The van der Waals surface area contributed by atoms with Crippen LogP contribution in [0.5, 0.6) is 0 Å². The van der Waals surface area contributed by atoms with Crippen LogP contribution in [0.1, 0.15) is 46.6 Å². The standard InChI is InChI=1S/C22H22FN3O/c1-14-15(2)26-20-18(11-17(23)12-19(20)25-14)21(27)24-13-22(9-6-10-22)16-7-4-3-5-8-16/h3-5,7-8,11-12H,6,9-10,13H2,1-2H3,(H,24,27). The molecule has 4 nitrogen and oxygen atoms in total. The van der Waals surface area contributed by atoms with Crippen molar-refractivity contribution in [3.05, 3.63) is 70.8 Å². The summed E-state index contributed by atoms with van der Waals surface area (Å²) in [6, 6.07) is 12.8. The second-order valence-corrected chi connectivity index (χ2v) is 7.40. The SMILES string of the molecule is Cc1nc2cc(F)cc(C(=O)NCC3(c4ccccc4)CCC3)c2nc1C. The first kappa shape index (κ1) is 17.6. The van der Waals surface area contributed by atoms with E-state index in [-0.39, 0.29) is 16.9 Å². The highest BCUT2D eigenvalue weighted by atomic mass is 19.1. The third kappa shape index (κ3) is 3.18. The number of nitrogens with one attached hydrogen (secondary N) is 1. The molecule has 27 heavy (non-hydrogen) atoms. The Morgan fingerprint density at radius 3 is 2.48 bits per heavy atom. The van der Waals surface area contributed by atoms with Crippen LogP contribution < -0.4 is 5.32 Å². The molecule has 0 aliphatic heterocycles. The van der Waals surface area contributed by atoms with E-state index in [2.05, 4.69) is 27.4 Å². The number of rotatable bonds is 4. The van der Waals surface area contributed by atoms with Gasteiger partial charge < -0.3 is 5.32 Å². The van der Waals surface area contributed by atoms with Gasteiger partial charge in [0, 0.05) is 18.0 Å². The van der Waals surface area contributed by atoms with Crippen molar-refractivity contribution in [3.8, 4) is 0 Å². The molecule has 0 atom stereocenters. The highest BCUT2D eigenvalue weighted by Gasteiger charge is 2.38. The first-order chi connectivity index (χ1) is 13.0. The molecule has 1 N–H and O–H groups in total. The van der Waals surface area contributed by atoms with Gasteiger partial charge in [-0.25, -0.2) is 14.4 Å². The van der Waals surface area contributed by atoms with Gasteiger partial charge >= 0.3 is 0 Å². The van der Waals surface area contributed by atoms with Crippen molar-refractivity contribution >= 4 is 16.9 Å². The van der Waals surface area contributed by atoms with Crippen LogP contribution in [0.15, 0.2) is 42.5 Å². The number of fused-ring (bicyclic) bond motifs is 1. The van der Waals surface area contributed by atoms with Crippen LogP contribution in [0, 0.1) is 19.7 Å². The number of benzene rings is 2. The minimum Gasteiger partial charge on any atom is -0.351 e. The number of aryl methyl sites for hydroxylation is 2. The maximum absolute atomic E-state index is 14.1. The van der Waals surface area contributed by atoms with Gasteiger partial charge in [-0.3, -0.25) is 4.79 Å². The van der Waals surface area contributed by atoms with Gasteiger partial charge in [-0.2, -0.15) is 0 Å². The summed E-state index contributed by atoms with van der Waals surface area (Å²) in [5.41, 5.74) is 3.78. The highest BCUT2D eigenvalue weighted by molar-refractivity contribution is 6.04. The molecule has 1 aliphatic carbocycles. The van der Waals surface area contributed by atoms with Crippen LogP contribution in [0.2, 0.25) is 0 Å². The fourth-order valence-corrected chi connectivity index (χ4v) is 3.78. The molecule has 3 aromatic rings. The molecule has 0 radical (unpaired) electrons. The Balaban J connectivity index is 1.63. The quantitative estimate of drug-likeness (QED) is 0.754. The largest absolute Gasteiger partial charge is 0.351 e. The Morgan fingerprint density at radius 1 is 1.11 bits per heavy atom. The van der Waals surface area contributed by atoms with E-state index in [1.807, 2.05) is 32.0 Å². The van der Waals surface area contributed by atoms with Crippen LogP contribution in [0.3, 0.4) is 0 Å². The summed E-state index contributed by atoms with van der Waals surface area (Å²) in [4.78, 5) is 21.7. The average Bonchev–Trinajstić information content (AvgIpc) is 2.62. The van der Waals surface area contributed by atoms with Crippen molar-refractivity contribution in [2.45, 2.75) is 38.5 Å². The van der Waals surface area contributed by atoms with E-state index in [9.17, 15) is 9.18 Å². The zero-order valence-corrected chi connectivity index (χ0v) is 15.6. The number of aromatic nitrogens is 2. The van der Waals surface area contributed by atoms with E-state index >= 15 is 0 Å². The van der Waals surface area contributed by atoms with E-state index in [1.165, 1.54) is 17.7 Å². The second kappa shape index (κ2) is 6.72. The summed E-state index contributed by atoms with van der Waals surface area (Å²) in [7, 11) is 0. The van der Waals surface area contributed by atoms with Gasteiger partial charge in [-0.05, 0) is 38.3 Å². The van der Waals surface area contributed by atoms with Crippen LogP contribution in [-0.2, 0) is 5.41 Å². The monoisotopic (exact) mass is 363 g/mol. The Hall–Kier alpha value is -2.82. The number of amides is 1. The molecule has 1 saturated carbocycles. The van der Waals surface area contributed by atoms with Crippen LogP contribution >= 0.6 is 0 Å². The molecule has 1 aliphatic rings. The number of nitrogens with zero attached hydrogens (tertiary/aromatic N) is 2. The predicted octanol–water partition coefficient (Wildman–Crippen LogP) is 4.24. The van der Waals surface area contributed by atoms with Crippen molar-refractivity contribution in [1.82, 2.24) is 15.3 Å². The van der Waals surface area contributed by atoms with Crippen molar-refractivity contribution in [3.63, 3.8) is 0 Å². The molecule has 0 saturated heterocycles. The van der Waals surface area contributed by atoms with E-state index in [0.717, 1.165) is 30.7 Å². The van der Waals surface area contributed by atoms with E-state index in [1.54, 1.807) is 0 Å².